The topological polar surface area (TPSA) is 84.2 Å². The number of H-pyrrole nitrogens is 1. The van der Waals surface area contributed by atoms with E-state index in [-0.39, 0.29) is 6.61 Å². The Morgan fingerprint density at radius 3 is 2.88 bits per heavy atom. The Labute approximate surface area is 154 Å². The second kappa shape index (κ2) is 8.42. The maximum Gasteiger partial charge on any atom is 0.208 e. The van der Waals surface area contributed by atoms with E-state index in [1.165, 1.54) is 11.8 Å². The van der Waals surface area contributed by atoms with Gasteiger partial charge in [0.25, 0.3) is 0 Å². The molecule has 0 saturated heterocycles. The number of aliphatic hydroxyl groups excluding tert-OH is 1. The monoisotopic (exact) mass is 379 g/mol. The van der Waals surface area contributed by atoms with Gasteiger partial charge in [0.05, 0.1) is 18.2 Å². The molecular formula is C17H18ClN3O3S. The van der Waals surface area contributed by atoms with Crippen LogP contribution in [0.5, 0.6) is 5.75 Å². The molecule has 0 saturated carbocycles. The molecule has 0 aliphatic rings. The smallest absolute Gasteiger partial charge is 0.208 e. The lowest BCUT2D eigenvalue weighted by Gasteiger charge is -2.07. The van der Waals surface area contributed by atoms with Crippen molar-refractivity contribution in [1.82, 2.24) is 15.2 Å². The van der Waals surface area contributed by atoms with Crippen molar-refractivity contribution < 1.29 is 14.3 Å². The minimum Gasteiger partial charge on any atom is -0.492 e. The lowest BCUT2D eigenvalue weighted by molar-refractivity contribution is 0.317. The molecule has 0 aliphatic heterocycles. The van der Waals surface area contributed by atoms with E-state index in [0.717, 1.165) is 12.0 Å². The van der Waals surface area contributed by atoms with Gasteiger partial charge in [0, 0.05) is 11.3 Å². The summed E-state index contributed by atoms with van der Waals surface area (Å²) in [6.07, 6.45) is 0.926. The number of furan rings is 1. The van der Waals surface area contributed by atoms with Crippen molar-refractivity contribution >= 4 is 23.4 Å². The third-order valence-corrected chi connectivity index (χ3v) is 4.43. The van der Waals surface area contributed by atoms with Crippen molar-refractivity contribution in [1.29, 1.82) is 0 Å². The number of nitrogens with zero attached hydrogens (tertiary/aromatic N) is 2. The summed E-state index contributed by atoms with van der Waals surface area (Å²) >= 11 is 7.64. The molecule has 2 N–H and O–H groups in total. The fraction of sp³-hybridized carbons (Fsp3) is 0.294. The molecule has 0 spiro atoms. The van der Waals surface area contributed by atoms with E-state index in [1.54, 1.807) is 0 Å². The first-order valence-corrected chi connectivity index (χ1v) is 9.26. The number of hydrogen-bond donors (Lipinski definition) is 2. The quantitative estimate of drug-likeness (QED) is 0.569. The molecule has 3 rings (SSSR count). The van der Waals surface area contributed by atoms with Crippen LogP contribution >= 0.6 is 23.4 Å². The van der Waals surface area contributed by atoms with Gasteiger partial charge in [-0.05, 0) is 36.8 Å². The molecule has 0 fully saturated rings. The molecule has 0 amide bonds. The first-order chi connectivity index (χ1) is 12.2. The molecule has 0 atom stereocenters. The van der Waals surface area contributed by atoms with Crippen LogP contribution in [0.4, 0.5) is 0 Å². The Bertz CT molecular complexity index is 834. The highest BCUT2D eigenvalue weighted by atomic mass is 35.5. The summed E-state index contributed by atoms with van der Waals surface area (Å²) in [5.74, 6) is 3.02. The number of nitrogens with one attached hydrogen (secondary N) is 1. The SMILES string of the molecule is CCCOc1ccc(-c2ccc(-c3nc(SCCO)n[nH]3)o2)cc1Cl. The Morgan fingerprint density at radius 2 is 2.12 bits per heavy atom. The van der Waals surface area contributed by atoms with E-state index in [2.05, 4.69) is 15.2 Å². The summed E-state index contributed by atoms with van der Waals surface area (Å²) in [6.45, 7) is 2.76. The molecule has 1 aromatic carbocycles. The number of halogens is 1. The van der Waals surface area contributed by atoms with Gasteiger partial charge in [0.2, 0.25) is 5.16 Å². The van der Waals surface area contributed by atoms with Gasteiger partial charge in [-0.2, -0.15) is 4.98 Å². The average molecular weight is 380 g/mol. The molecule has 0 unspecified atom stereocenters. The van der Waals surface area contributed by atoms with Crippen molar-refractivity contribution in [3.8, 4) is 28.7 Å². The lowest BCUT2D eigenvalue weighted by atomic mass is 10.1. The third-order valence-electron chi connectivity index (χ3n) is 3.30. The van der Waals surface area contributed by atoms with Crippen LogP contribution in [-0.2, 0) is 0 Å². The third kappa shape index (κ3) is 4.36. The standard InChI is InChI=1S/C17H18ClN3O3S/c1-2-8-23-14-4-3-11(10-12(14)18)13-5-6-15(24-13)16-19-17(21-20-16)25-9-7-22/h3-6,10,22H,2,7-9H2,1H3,(H,19,20,21). The lowest BCUT2D eigenvalue weighted by Crippen LogP contribution is -1.95. The molecule has 8 heteroatoms. The van der Waals surface area contributed by atoms with Crippen molar-refractivity contribution in [2.45, 2.75) is 18.5 Å². The molecular weight excluding hydrogens is 362 g/mol. The van der Waals surface area contributed by atoms with Gasteiger partial charge >= 0.3 is 0 Å². The van der Waals surface area contributed by atoms with Crippen LogP contribution in [-0.4, -0.2) is 39.3 Å². The number of rotatable bonds is 8. The van der Waals surface area contributed by atoms with Crippen LogP contribution in [0, 0.1) is 0 Å². The van der Waals surface area contributed by atoms with Crippen molar-refractivity contribution in [2.75, 3.05) is 19.0 Å². The summed E-state index contributed by atoms with van der Waals surface area (Å²) in [5.41, 5.74) is 0.856. The number of aromatic nitrogens is 3. The molecule has 6 nitrogen and oxygen atoms in total. The summed E-state index contributed by atoms with van der Waals surface area (Å²) in [6, 6.07) is 9.25. The van der Waals surface area contributed by atoms with Gasteiger partial charge in [-0.25, -0.2) is 0 Å². The molecule has 3 aromatic rings. The Morgan fingerprint density at radius 1 is 1.28 bits per heavy atom. The largest absolute Gasteiger partial charge is 0.492 e. The number of aliphatic hydroxyl groups is 1. The van der Waals surface area contributed by atoms with Gasteiger partial charge in [-0.3, -0.25) is 5.10 Å². The van der Waals surface area contributed by atoms with E-state index in [0.29, 0.717) is 45.6 Å². The van der Waals surface area contributed by atoms with Crippen LogP contribution < -0.4 is 4.74 Å². The minimum atomic E-state index is 0.0815. The number of hydrogen-bond acceptors (Lipinski definition) is 6. The highest BCUT2D eigenvalue weighted by molar-refractivity contribution is 7.99. The van der Waals surface area contributed by atoms with E-state index >= 15 is 0 Å². The fourth-order valence-corrected chi connectivity index (χ4v) is 2.94. The molecule has 2 aromatic heterocycles. The predicted octanol–water partition coefficient (Wildman–Crippen LogP) is 4.26. The molecule has 0 radical (unpaired) electrons. The van der Waals surface area contributed by atoms with Crippen molar-refractivity contribution in [3.05, 3.63) is 35.4 Å². The Hall–Kier alpha value is -1.96. The van der Waals surface area contributed by atoms with E-state index in [1.807, 2.05) is 37.3 Å². The van der Waals surface area contributed by atoms with Gasteiger partial charge in [-0.15, -0.1) is 5.10 Å². The van der Waals surface area contributed by atoms with Gasteiger partial charge in [0.15, 0.2) is 11.6 Å². The van der Waals surface area contributed by atoms with Crippen LogP contribution in [0.3, 0.4) is 0 Å². The maximum absolute atomic E-state index is 8.85. The summed E-state index contributed by atoms with van der Waals surface area (Å²) < 4.78 is 11.4. The van der Waals surface area contributed by atoms with Gasteiger partial charge in [-0.1, -0.05) is 30.3 Å². The van der Waals surface area contributed by atoms with Gasteiger partial charge in [0.1, 0.15) is 11.5 Å². The van der Waals surface area contributed by atoms with Crippen molar-refractivity contribution in [2.24, 2.45) is 0 Å². The highest BCUT2D eigenvalue weighted by Gasteiger charge is 2.13. The molecule has 0 aliphatic carbocycles. The predicted molar refractivity (Wildman–Crippen MR) is 98.1 cm³/mol. The first kappa shape index (κ1) is 17.8. The highest BCUT2D eigenvalue weighted by Crippen LogP contribution is 2.33. The van der Waals surface area contributed by atoms with Crippen LogP contribution in [0.25, 0.3) is 22.9 Å². The second-order valence-corrected chi connectivity index (χ2v) is 6.67. The van der Waals surface area contributed by atoms with E-state index in [9.17, 15) is 0 Å². The second-order valence-electron chi connectivity index (χ2n) is 5.20. The maximum atomic E-state index is 8.85. The van der Waals surface area contributed by atoms with Crippen LogP contribution in [0.1, 0.15) is 13.3 Å². The fourth-order valence-electron chi connectivity index (χ4n) is 2.16. The zero-order chi connectivity index (χ0) is 17.6. The summed E-state index contributed by atoms with van der Waals surface area (Å²) in [5, 5.41) is 16.9. The van der Waals surface area contributed by atoms with Crippen LogP contribution in [0.15, 0.2) is 39.9 Å². The van der Waals surface area contributed by atoms with Gasteiger partial charge < -0.3 is 14.3 Å². The Kier molecular flexibility index (Phi) is 6.01. The van der Waals surface area contributed by atoms with Crippen molar-refractivity contribution in [3.63, 3.8) is 0 Å². The summed E-state index contributed by atoms with van der Waals surface area (Å²) in [7, 11) is 0. The Balaban J connectivity index is 1.77. The number of aromatic amines is 1. The number of thioether (sulfide) groups is 1. The number of benzene rings is 1. The average Bonchev–Trinajstić information content (AvgIpc) is 3.28. The normalized spacial score (nSPS) is 11.0. The first-order valence-electron chi connectivity index (χ1n) is 7.90. The minimum absolute atomic E-state index is 0.0815. The molecule has 2 heterocycles. The molecule has 132 valence electrons. The zero-order valence-electron chi connectivity index (χ0n) is 13.7. The number of ether oxygens (including phenoxy) is 1. The zero-order valence-corrected chi connectivity index (χ0v) is 15.2. The summed E-state index contributed by atoms with van der Waals surface area (Å²) in [4.78, 5) is 4.34. The molecule has 25 heavy (non-hydrogen) atoms. The molecule has 0 bridgehead atoms. The van der Waals surface area contributed by atoms with Crippen LogP contribution in [0.2, 0.25) is 5.02 Å². The van der Waals surface area contributed by atoms with E-state index < -0.39 is 0 Å². The van der Waals surface area contributed by atoms with E-state index in [4.69, 9.17) is 25.9 Å².